The van der Waals surface area contributed by atoms with Crippen LogP contribution in [0.4, 0.5) is 0 Å². The molecule has 0 amide bonds. The van der Waals surface area contributed by atoms with Gasteiger partial charge in [0.2, 0.25) is 0 Å². The van der Waals surface area contributed by atoms with Crippen LogP contribution in [0.1, 0.15) is 38.2 Å². The number of pyridine rings is 1. The molecule has 0 fully saturated rings. The monoisotopic (exact) mass is 307 g/mol. The lowest BCUT2D eigenvalue weighted by molar-refractivity contribution is -0.164. The molecule has 0 bridgehead atoms. The summed E-state index contributed by atoms with van der Waals surface area (Å²) >= 11 is 0. The summed E-state index contributed by atoms with van der Waals surface area (Å²) in [5, 5.41) is 0. The van der Waals surface area contributed by atoms with Crippen LogP contribution in [0.3, 0.4) is 0 Å². The summed E-state index contributed by atoms with van der Waals surface area (Å²) in [4.78, 5) is 40.6. The van der Waals surface area contributed by atoms with Crippen molar-refractivity contribution in [3.05, 3.63) is 30.1 Å². The lowest BCUT2D eigenvalue weighted by atomic mass is 9.88. The molecule has 22 heavy (non-hydrogen) atoms. The number of hydrogen-bond acceptors (Lipinski definition) is 6. The van der Waals surface area contributed by atoms with Gasteiger partial charge in [-0.1, -0.05) is 13.0 Å². The minimum Gasteiger partial charge on any atom is -0.469 e. The van der Waals surface area contributed by atoms with E-state index < -0.39 is 35.2 Å². The number of rotatable bonds is 5. The zero-order valence-electron chi connectivity index (χ0n) is 13.5. The Kier molecular flexibility index (Phi) is 5.79. The van der Waals surface area contributed by atoms with E-state index >= 15 is 0 Å². The number of hydrogen-bond donors (Lipinski definition) is 0. The first kappa shape index (κ1) is 17.8. The highest BCUT2D eigenvalue weighted by Crippen LogP contribution is 2.22. The van der Waals surface area contributed by atoms with Crippen molar-refractivity contribution in [2.75, 3.05) is 7.11 Å². The number of carbonyl (C=O) groups excluding carboxylic acids is 3. The molecule has 6 heteroatoms. The second kappa shape index (κ2) is 7.15. The molecule has 120 valence electrons. The summed E-state index contributed by atoms with van der Waals surface area (Å²) in [6.07, 6.45) is 1.45. The van der Waals surface area contributed by atoms with Gasteiger partial charge in [-0.05, 0) is 32.9 Å². The van der Waals surface area contributed by atoms with Crippen molar-refractivity contribution in [3.63, 3.8) is 0 Å². The minimum atomic E-state index is -1.29. The number of ether oxygens (including phenoxy) is 2. The smallest absolute Gasteiger partial charge is 0.318 e. The standard InChI is InChI=1S/C16H21NO5/c1-10(14(19)21-5)12(15(20)22-16(2,3)4)13(18)11-8-6-7-9-17-11/h6-10,12H,1-5H3/t10-,12?/m0/s1. The Labute approximate surface area is 129 Å². The Hall–Kier alpha value is -2.24. The summed E-state index contributed by atoms with van der Waals surface area (Å²) in [6.45, 7) is 6.53. The SMILES string of the molecule is COC(=O)[C@@H](C)C(C(=O)OC(C)(C)C)C(=O)c1ccccn1. The van der Waals surface area contributed by atoms with Crippen LogP contribution in [0.15, 0.2) is 24.4 Å². The fourth-order valence-corrected chi connectivity index (χ4v) is 1.89. The number of carbonyl (C=O) groups is 3. The van der Waals surface area contributed by atoms with Gasteiger partial charge in [-0.2, -0.15) is 0 Å². The van der Waals surface area contributed by atoms with Crippen molar-refractivity contribution in [2.45, 2.75) is 33.3 Å². The van der Waals surface area contributed by atoms with Crippen LogP contribution < -0.4 is 0 Å². The van der Waals surface area contributed by atoms with Crippen molar-refractivity contribution < 1.29 is 23.9 Å². The van der Waals surface area contributed by atoms with Crippen LogP contribution in [-0.4, -0.2) is 35.4 Å². The Morgan fingerprint density at radius 1 is 1.14 bits per heavy atom. The van der Waals surface area contributed by atoms with Crippen LogP contribution in [-0.2, 0) is 19.1 Å². The van der Waals surface area contributed by atoms with E-state index in [9.17, 15) is 14.4 Å². The van der Waals surface area contributed by atoms with Crippen molar-refractivity contribution in [2.24, 2.45) is 11.8 Å². The molecule has 1 aromatic rings. The molecule has 1 aromatic heterocycles. The van der Waals surface area contributed by atoms with Gasteiger partial charge >= 0.3 is 11.9 Å². The molecule has 0 aliphatic rings. The number of aromatic nitrogens is 1. The van der Waals surface area contributed by atoms with E-state index in [4.69, 9.17) is 4.74 Å². The van der Waals surface area contributed by atoms with Crippen molar-refractivity contribution in [1.29, 1.82) is 0 Å². The number of nitrogens with zero attached hydrogens (tertiary/aromatic N) is 1. The maximum absolute atomic E-state index is 12.6. The highest BCUT2D eigenvalue weighted by Gasteiger charge is 2.40. The molecular formula is C16H21NO5. The first-order valence-electron chi connectivity index (χ1n) is 6.93. The van der Waals surface area contributed by atoms with Gasteiger partial charge in [0.1, 0.15) is 17.2 Å². The van der Waals surface area contributed by atoms with Crippen LogP contribution >= 0.6 is 0 Å². The molecule has 0 saturated heterocycles. The van der Waals surface area contributed by atoms with Crippen molar-refractivity contribution in [1.82, 2.24) is 4.98 Å². The molecule has 1 unspecified atom stereocenters. The van der Waals surface area contributed by atoms with E-state index in [0.717, 1.165) is 0 Å². The van der Waals surface area contributed by atoms with Gasteiger partial charge in [-0.15, -0.1) is 0 Å². The molecule has 0 spiro atoms. The molecule has 6 nitrogen and oxygen atoms in total. The van der Waals surface area contributed by atoms with Crippen LogP contribution in [0.5, 0.6) is 0 Å². The maximum Gasteiger partial charge on any atom is 0.318 e. The summed E-state index contributed by atoms with van der Waals surface area (Å²) in [6, 6.07) is 4.78. The molecule has 0 aliphatic heterocycles. The predicted molar refractivity (Wildman–Crippen MR) is 79.1 cm³/mol. The molecule has 0 aromatic carbocycles. The Bertz CT molecular complexity index is 547. The van der Waals surface area contributed by atoms with E-state index in [1.807, 2.05) is 0 Å². The highest BCUT2D eigenvalue weighted by atomic mass is 16.6. The third-order valence-electron chi connectivity index (χ3n) is 2.93. The molecule has 0 aliphatic carbocycles. The Morgan fingerprint density at radius 2 is 1.77 bits per heavy atom. The zero-order valence-corrected chi connectivity index (χ0v) is 13.5. The number of ketones is 1. The van der Waals surface area contributed by atoms with Gasteiger partial charge in [0.05, 0.1) is 13.0 Å². The summed E-state index contributed by atoms with van der Waals surface area (Å²) < 4.78 is 9.90. The zero-order chi connectivity index (χ0) is 16.9. The topological polar surface area (TPSA) is 82.6 Å². The minimum absolute atomic E-state index is 0.106. The fourth-order valence-electron chi connectivity index (χ4n) is 1.89. The number of methoxy groups -OCH3 is 1. The van der Waals surface area contributed by atoms with Gasteiger partial charge in [-0.25, -0.2) is 0 Å². The molecular weight excluding hydrogens is 286 g/mol. The largest absolute Gasteiger partial charge is 0.469 e. The lowest BCUT2D eigenvalue weighted by Gasteiger charge is -2.25. The second-order valence-corrected chi connectivity index (χ2v) is 5.90. The van der Waals surface area contributed by atoms with E-state index in [2.05, 4.69) is 9.72 Å². The molecule has 0 N–H and O–H groups in total. The first-order valence-corrected chi connectivity index (χ1v) is 6.93. The maximum atomic E-state index is 12.6. The van der Waals surface area contributed by atoms with Gasteiger partial charge < -0.3 is 9.47 Å². The van der Waals surface area contributed by atoms with Crippen molar-refractivity contribution in [3.8, 4) is 0 Å². The van der Waals surface area contributed by atoms with Crippen LogP contribution in [0.25, 0.3) is 0 Å². The van der Waals surface area contributed by atoms with Gasteiger partial charge in [0.15, 0.2) is 5.78 Å². The molecule has 1 rings (SSSR count). The van der Waals surface area contributed by atoms with E-state index in [1.165, 1.54) is 26.3 Å². The molecule has 0 radical (unpaired) electrons. The summed E-state index contributed by atoms with van der Waals surface area (Å²) in [5.74, 6) is -4.23. The van der Waals surface area contributed by atoms with Gasteiger partial charge in [0, 0.05) is 6.20 Å². The normalized spacial score (nSPS) is 13.9. The average molecular weight is 307 g/mol. The fraction of sp³-hybridized carbons (Fsp3) is 0.500. The second-order valence-electron chi connectivity index (χ2n) is 5.90. The van der Waals surface area contributed by atoms with E-state index in [0.29, 0.717) is 0 Å². The molecule has 2 atom stereocenters. The third-order valence-corrected chi connectivity index (χ3v) is 2.93. The van der Waals surface area contributed by atoms with Crippen LogP contribution in [0, 0.1) is 11.8 Å². The quantitative estimate of drug-likeness (QED) is 0.470. The number of Topliss-reactive ketones (excluding diaryl/α,β-unsaturated/α-hetero) is 1. The Morgan fingerprint density at radius 3 is 2.23 bits per heavy atom. The molecule has 1 heterocycles. The van der Waals surface area contributed by atoms with Crippen LogP contribution in [0.2, 0.25) is 0 Å². The van der Waals surface area contributed by atoms with Gasteiger partial charge in [0.25, 0.3) is 0 Å². The highest BCUT2D eigenvalue weighted by molar-refractivity contribution is 6.09. The summed E-state index contributed by atoms with van der Waals surface area (Å²) in [7, 11) is 1.20. The third kappa shape index (κ3) is 4.65. The average Bonchev–Trinajstić information content (AvgIpc) is 2.45. The molecule has 0 saturated carbocycles. The first-order chi connectivity index (χ1) is 10.2. The number of esters is 2. The van der Waals surface area contributed by atoms with Gasteiger partial charge in [-0.3, -0.25) is 19.4 Å². The van der Waals surface area contributed by atoms with Crippen molar-refractivity contribution >= 4 is 17.7 Å². The predicted octanol–water partition coefficient (Wildman–Crippen LogP) is 2.03. The van der Waals surface area contributed by atoms with E-state index in [1.54, 1.807) is 32.9 Å². The Balaban J connectivity index is 3.14. The summed E-state index contributed by atoms with van der Waals surface area (Å²) in [5.41, 5.74) is -0.663. The lowest BCUT2D eigenvalue weighted by Crippen LogP contribution is -2.39. The van der Waals surface area contributed by atoms with E-state index in [-0.39, 0.29) is 5.69 Å².